The van der Waals surface area contributed by atoms with Gasteiger partial charge in [0.25, 0.3) is 3.79 Å². The van der Waals surface area contributed by atoms with Crippen LogP contribution in [0.3, 0.4) is 0 Å². The Morgan fingerprint density at radius 1 is 1.73 bits per heavy atom. The minimum atomic E-state index is 0.0273. The molecule has 0 fully saturated rings. The third kappa shape index (κ3) is 2.23. The van der Waals surface area contributed by atoms with E-state index in [0.717, 1.165) is 5.69 Å². The van der Waals surface area contributed by atoms with Crippen molar-refractivity contribution in [1.82, 2.24) is 4.98 Å². The zero-order chi connectivity index (χ0) is 8.43. The Bertz CT molecular complexity index is 269. The first-order valence-corrected chi connectivity index (χ1v) is 5.22. The second-order valence-corrected chi connectivity index (χ2v) is 4.34. The summed E-state index contributed by atoms with van der Waals surface area (Å²) in [6.07, 6.45) is 0. The molecular weight excluding hydrogens is 273 g/mol. The van der Waals surface area contributed by atoms with Gasteiger partial charge in [-0.05, 0) is 5.92 Å². The van der Waals surface area contributed by atoms with Crippen LogP contribution in [-0.4, -0.2) is 8.77 Å². The fourth-order valence-corrected chi connectivity index (χ4v) is 1.95. The standard InChI is InChI=1S/C7H8INOS/c1-4(2)5-3-11-7(9-5)6(8)10/h3-4H,1-2H3. The molecule has 4 heteroatoms. The molecule has 1 aromatic rings. The van der Waals surface area contributed by atoms with Gasteiger partial charge in [0.05, 0.1) is 5.69 Å². The Kier molecular flexibility index (Phi) is 3.00. The van der Waals surface area contributed by atoms with Crippen molar-refractivity contribution in [3.8, 4) is 0 Å². The Balaban J connectivity index is 2.90. The lowest BCUT2D eigenvalue weighted by Crippen LogP contribution is -1.90. The third-order valence-electron chi connectivity index (χ3n) is 1.28. The monoisotopic (exact) mass is 281 g/mol. The molecule has 2 nitrogen and oxygen atoms in total. The van der Waals surface area contributed by atoms with Gasteiger partial charge in [-0.1, -0.05) is 13.8 Å². The van der Waals surface area contributed by atoms with Gasteiger partial charge in [0.1, 0.15) is 0 Å². The highest BCUT2D eigenvalue weighted by atomic mass is 127. The minimum Gasteiger partial charge on any atom is -0.279 e. The zero-order valence-corrected chi connectivity index (χ0v) is 9.27. The van der Waals surface area contributed by atoms with Crippen LogP contribution in [0, 0.1) is 0 Å². The molecule has 0 saturated heterocycles. The third-order valence-corrected chi connectivity index (χ3v) is 3.02. The van der Waals surface area contributed by atoms with E-state index in [1.165, 1.54) is 11.3 Å². The fourth-order valence-electron chi connectivity index (χ4n) is 0.642. The number of carbonyl (C=O) groups excluding carboxylic acids is 1. The average Bonchev–Trinajstić information content (AvgIpc) is 2.33. The molecule has 0 amide bonds. The molecule has 0 N–H and O–H groups in total. The molecule has 11 heavy (non-hydrogen) atoms. The average molecular weight is 281 g/mol. The molecule has 0 aromatic carbocycles. The number of halogens is 1. The molecule has 1 heterocycles. The predicted molar refractivity (Wildman–Crippen MR) is 54.6 cm³/mol. The SMILES string of the molecule is CC(C)c1csc(C(=O)I)n1. The maximum Gasteiger partial charge on any atom is 0.250 e. The van der Waals surface area contributed by atoms with Gasteiger partial charge in [0, 0.05) is 28.0 Å². The summed E-state index contributed by atoms with van der Waals surface area (Å²) in [5, 5.41) is 2.55. The highest BCUT2D eigenvalue weighted by Gasteiger charge is 2.08. The van der Waals surface area contributed by atoms with Gasteiger partial charge < -0.3 is 0 Å². The van der Waals surface area contributed by atoms with Crippen molar-refractivity contribution in [2.45, 2.75) is 19.8 Å². The zero-order valence-electron chi connectivity index (χ0n) is 6.30. The number of rotatable bonds is 2. The first kappa shape index (κ1) is 9.12. The summed E-state index contributed by atoms with van der Waals surface area (Å²) in [7, 11) is 0. The molecule has 1 aromatic heterocycles. The molecule has 0 aliphatic heterocycles. The Morgan fingerprint density at radius 2 is 2.36 bits per heavy atom. The second-order valence-electron chi connectivity index (χ2n) is 2.51. The van der Waals surface area contributed by atoms with Crippen LogP contribution in [-0.2, 0) is 0 Å². The summed E-state index contributed by atoms with van der Waals surface area (Å²) in [6, 6.07) is 0. The maximum atomic E-state index is 10.8. The van der Waals surface area contributed by atoms with Crippen LogP contribution in [0.15, 0.2) is 5.38 Å². The van der Waals surface area contributed by atoms with E-state index >= 15 is 0 Å². The summed E-state index contributed by atoms with van der Waals surface area (Å²) < 4.78 is 0.0273. The van der Waals surface area contributed by atoms with Gasteiger partial charge in [0.15, 0.2) is 5.01 Å². The quantitative estimate of drug-likeness (QED) is 0.616. The van der Waals surface area contributed by atoms with Crippen molar-refractivity contribution in [3.63, 3.8) is 0 Å². The van der Waals surface area contributed by atoms with Crippen LogP contribution >= 0.6 is 33.9 Å². The summed E-state index contributed by atoms with van der Waals surface area (Å²) in [6.45, 7) is 4.13. The number of hydrogen-bond donors (Lipinski definition) is 0. The number of carbonyl (C=O) groups is 1. The van der Waals surface area contributed by atoms with Gasteiger partial charge in [-0.2, -0.15) is 0 Å². The lowest BCUT2D eigenvalue weighted by molar-refractivity contribution is 0.110. The highest BCUT2D eigenvalue weighted by molar-refractivity contribution is 14.1. The van der Waals surface area contributed by atoms with E-state index in [1.54, 1.807) is 22.6 Å². The van der Waals surface area contributed by atoms with Crippen molar-refractivity contribution < 1.29 is 4.79 Å². The first-order valence-electron chi connectivity index (χ1n) is 3.26. The summed E-state index contributed by atoms with van der Waals surface area (Å²) >= 11 is 3.17. The van der Waals surface area contributed by atoms with Crippen molar-refractivity contribution in [3.05, 3.63) is 16.1 Å². The number of aromatic nitrogens is 1. The first-order chi connectivity index (χ1) is 5.11. The normalized spacial score (nSPS) is 10.5. The van der Waals surface area contributed by atoms with Crippen LogP contribution in [0.1, 0.15) is 35.3 Å². The molecule has 60 valence electrons. The van der Waals surface area contributed by atoms with Crippen molar-refractivity contribution in [1.29, 1.82) is 0 Å². The summed E-state index contributed by atoms with van der Waals surface area (Å²) in [4.78, 5) is 15.0. The molecule has 0 aliphatic rings. The van der Waals surface area contributed by atoms with Gasteiger partial charge in [-0.3, -0.25) is 4.79 Å². The van der Waals surface area contributed by atoms with Gasteiger partial charge in [-0.15, -0.1) is 11.3 Å². The minimum absolute atomic E-state index is 0.0273. The topological polar surface area (TPSA) is 30.0 Å². The van der Waals surface area contributed by atoms with Crippen molar-refractivity contribution in [2.75, 3.05) is 0 Å². The van der Waals surface area contributed by atoms with Gasteiger partial charge in [-0.25, -0.2) is 4.98 Å². The summed E-state index contributed by atoms with van der Waals surface area (Å²) in [5.41, 5.74) is 1.01. The van der Waals surface area contributed by atoms with Crippen LogP contribution in [0.4, 0.5) is 0 Å². The van der Waals surface area contributed by atoms with E-state index < -0.39 is 0 Å². The molecule has 0 atom stereocenters. The number of hydrogen-bond acceptors (Lipinski definition) is 3. The van der Waals surface area contributed by atoms with Crippen molar-refractivity contribution in [2.24, 2.45) is 0 Å². The molecule has 0 aliphatic carbocycles. The van der Waals surface area contributed by atoms with Crippen molar-refractivity contribution >= 4 is 37.7 Å². The highest BCUT2D eigenvalue weighted by Crippen LogP contribution is 2.19. The smallest absolute Gasteiger partial charge is 0.250 e. The fraction of sp³-hybridized carbons (Fsp3) is 0.429. The van der Waals surface area contributed by atoms with E-state index in [1.807, 2.05) is 5.38 Å². The number of nitrogens with zero attached hydrogens (tertiary/aromatic N) is 1. The van der Waals surface area contributed by atoms with Gasteiger partial charge >= 0.3 is 0 Å². The lowest BCUT2D eigenvalue weighted by atomic mass is 10.2. The maximum absolute atomic E-state index is 10.8. The van der Waals surface area contributed by atoms with Crippen LogP contribution in [0.2, 0.25) is 0 Å². The van der Waals surface area contributed by atoms with E-state index in [0.29, 0.717) is 10.9 Å². The largest absolute Gasteiger partial charge is 0.279 e. The molecule has 0 unspecified atom stereocenters. The molecule has 0 spiro atoms. The molecular formula is C7H8INOS. The second kappa shape index (κ2) is 3.62. The Morgan fingerprint density at radius 3 is 2.64 bits per heavy atom. The van der Waals surface area contributed by atoms with Crippen LogP contribution in [0.5, 0.6) is 0 Å². The van der Waals surface area contributed by atoms with Crippen LogP contribution in [0.25, 0.3) is 0 Å². The lowest BCUT2D eigenvalue weighted by Gasteiger charge is -1.95. The molecule has 0 radical (unpaired) electrons. The molecule has 1 rings (SSSR count). The molecule has 0 saturated carbocycles. The number of thiazole rings is 1. The summed E-state index contributed by atoms with van der Waals surface area (Å²) in [5.74, 6) is 0.413. The van der Waals surface area contributed by atoms with E-state index in [4.69, 9.17) is 0 Å². The Labute approximate surface area is 83.2 Å². The van der Waals surface area contributed by atoms with Gasteiger partial charge in [0.2, 0.25) is 0 Å². The molecule has 0 bridgehead atoms. The Hall–Kier alpha value is 0.0300. The van der Waals surface area contributed by atoms with E-state index in [9.17, 15) is 4.79 Å². The van der Waals surface area contributed by atoms with E-state index in [2.05, 4.69) is 18.8 Å². The van der Waals surface area contributed by atoms with Crippen LogP contribution < -0.4 is 0 Å². The predicted octanol–water partition coefficient (Wildman–Crippen LogP) is 2.84. The van der Waals surface area contributed by atoms with E-state index in [-0.39, 0.29) is 3.79 Å².